The monoisotopic (exact) mass is 261 g/mol. The molecule has 0 radical (unpaired) electrons. The summed E-state index contributed by atoms with van der Waals surface area (Å²) in [5.41, 5.74) is 0. The van der Waals surface area contributed by atoms with Crippen LogP contribution in [-0.2, 0) is 18.1 Å². The van der Waals surface area contributed by atoms with E-state index in [1.807, 2.05) is 20.8 Å². The van der Waals surface area contributed by atoms with Crippen LogP contribution >= 0.6 is 0 Å². The minimum atomic E-state index is -2.62. The van der Waals surface area contributed by atoms with E-state index in [2.05, 4.69) is 11.9 Å². The van der Waals surface area contributed by atoms with Gasteiger partial charge in [-0.3, -0.25) is 4.79 Å². The number of amides is 1. The fraction of sp³-hybridized carbons (Fsp3) is 0.727. The van der Waals surface area contributed by atoms with E-state index in [1.54, 1.807) is 0 Å². The lowest BCUT2D eigenvalue weighted by molar-refractivity contribution is -0.116. The Labute approximate surface area is 105 Å². The van der Waals surface area contributed by atoms with Crippen LogP contribution in [0.5, 0.6) is 0 Å². The second-order valence-corrected chi connectivity index (χ2v) is 5.96. The molecule has 0 aromatic carbocycles. The minimum Gasteiger partial charge on any atom is -0.374 e. The standard InChI is InChI=1S/C11H23NO4Si/c1-5-11(13)12-9-10-17(14-6-2,15-7-3)16-8-4/h5H,1,6-10H2,2-4H3,(H,12,13). The summed E-state index contributed by atoms with van der Waals surface area (Å²) in [4.78, 5) is 11.0. The summed E-state index contributed by atoms with van der Waals surface area (Å²) in [6.45, 7) is 11.2. The van der Waals surface area contributed by atoms with Gasteiger partial charge in [-0.2, -0.15) is 0 Å². The smallest absolute Gasteiger partial charge is 0.374 e. The Kier molecular flexibility index (Phi) is 8.97. The predicted octanol–water partition coefficient (Wildman–Crippen LogP) is 1.34. The molecule has 0 atom stereocenters. The van der Waals surface area contributed by atoms with Crippen LogP contribution in [0.2, 0.25) is 6.04 Å². The van der Waals surface area contributed by atoms with E-state index in [0.717, 1.165) is 0 Å². The number of hydrogen-bond acceptors (Lipinski definition) is 4. The maximum absolute atomic E-state index is 11.0. The van der Waals surface area contributed by atoms with Crippen molar-refractivity contribution >= 4 is 14.7 Å². The Morgan fingerprint density at radius 3 is 2.00 bits per heavy atom. The molecule has 17 heavy (non-hydrogen) atoms. The van der Waals surface area contributed by atoms with Crippen molar-refractivity contribution in [3.63, 3.8) is 0 Å². The molecule has 0 saturated carbocycles. The highest BCUT2D eigenvalue weighted by molar-refractivity contribution is 6.60. The zero-order chi connectivity index (χ0) is 13.1. The maximum atomic E-state index is 11.0. The average Bonchev–Trinajstić information content (AvgIpc) is 2.30. The normalized spacial score (nSPS) is 11.2. The van der Waals surface area contributed by atoms with E-state index >= 15 is 0 Å². The van der Waals surface area contributed by atoms with Gasteiger partial charge in [0.05, 0.1) is 0 Å². The molecular weight excluding hydrogens is 238 g/mol. The van der Waals surface area contributed by atoms with Gasteiger partial charge in [0.25, 0.3) is 0 Å². The van der Waals surface area contributed by atoms with Crippen molar-refractivity contribution in [2.24, 2.45) is 0 Å². The van der Waals surface area contributed by atoms with Crippen molar-refractivity contribution in [2.75, 3.05) is 26.4 Å². The molecule has 0 bridgehead atoms. The van der Waals surface area contributed by atoms with Crippen LogP contribution < -0.4 is 5.32 Å². The fourth-order valence-electron chi connectivity index (χ4n) is 1.41. The largest absolute Gasteiger partial charge is 0.502 e. The van der Waals surface area contributed by atoms with Gasteiger partial charge in [-0.25, -0.2) is 0 Å². The van der Waals surface area contributed by atoms with Crippen LogP contribution in [-0.4, -0.2) is 41.1 Å². The first-order valence-corrected chi connectivity index (χ1v) is 7.89. The molecule has 5 nitrogen and oxygen atoms in total. The van der Waals surface area contributed by atoms with Gasteiger partial charge in [-0.1, -0.05) is 6.58 Å². The molecule has 6 heteroatoms. The van der Waals surface area contributed by atoms with E-state index in [-0.39, 0.29) is 5.91 Å². The SMILES string of the molecule is C=CC(=O)NCC[Si](OCC)(OCC)OCC. The molecule has 0 aromatic heterocycles. The molecule has 0 aliphatic heterocycles. The van der Waals surface area contributed by atoms with E-state index < -0.39 is 8.80 Å². The molecule has 1 N–H and O–H groups in total. The summed E-state index contributed by atoms with van der Waals surface area (Å²) in [5.74, 6) is -0.197. The molecule has 100 valence electrons. The fourth-order valence-corrected chi connectivity index (χ4v) is 3.85. The quantitative estimate of drug-likeness (QED) is 0.476. The molecule has 0 aliphatic carbocycles. The molecule has 0 heterocycles. The van der Waals surface area contributed by atoms with Crippen LogP contribution in [0, 0.1) is 0 Å². The lowest BCUT2D eigenvalue weighted by atomic mass is 10.6. The lowest BCUT2D eigenvalue weighted by Crippen LogP contribution is -2.48. The third-order valence-corrected chi connectivity index (χ3v) is 5.06. The van der Waals surface area contributed by atoms with E-state index in [9.17, 15) is 4.79 Å². The Hall–Kier alpha value is -0.693. The van der Waals surface area contributed by atoms with Gasteiger partial charge in [-0.05, 0) is 26.8 Å². The van der Waals surface area contributed by atoms with Gasteiger partial charge in [0, 0.05) is 32.4 Å². The Balaban J connectivity index is 4.32. The van der Waals surface area contributed by atoms with E-state index in [4.69, 9.17) is 13.3 Å². The first kappa shape index (κ1) is 16.3. The van der Waals surface area contributed by atoms with Crippen molar-refractivity contribution in [3.05, 3.63) is 12.7 Å². The van der Waals surface area contributed by atoms with Crippen molar-refractivity contribution in [1.82, 2.24) is 5.32 Å². The number of hydrogen-bond donors (Lipinski definition) is 1. The van der Waals surface area contributed by atoms with Gasteiger partial charge in [0.1, 0.15) is 0 Å². The Bertz CT molecular complexity index is 218. The van der Waals surface area contributed by atoms with Gasteiger partial charge in [-0.15, -0.1) is 0 Å². The average molecular weight is 261 g/mol. The summed E-state index contributed by atoms with van der Waals surface area (Å²) in [6, 6.07) is 0.572. The third kappa shape index (κ3) is 6.57. The van der Waals surface area contributed by atoms with E-state index in [0.29, 0.717) is 32.4 Å². The summed E-state index contributed by atoms with van der Waals surface area (Å²) in [7, 11) is -2.62. The van der Waals surface area contributed by atoms with Crippen LogP contribution in [0.4, 0.5) is 0 Å². The minimum absolute atomic E-state index is 0.197. The number of rotatable bonds is 10. The molecule has 0 fully saturated rings. The summed E-state index contributed by atoms with van der Waals surface area (Å²) >= 11 is 0. The Morgan fingerprint density at radius 1 is 1.18 bits per heavy atom. The zero-order valence-electron chi connectivity index (χ0n) is 11.0. The first-order valence-electron chi connectivity index (χ1n) is 5.96. The first-order chi connectivity index (χ1) is 8.14. The number of carbonyl (C=O) groups excluding carboxylic acids is 1. The van der Waals surface area contributed by atoms with Gasteiger partial charge < -0.3 is 18.6 Å². The van der Waals surface area contributed by atoms with Crippen LogP contribution in [0.15, 0.2) is 12.7 Å². The molecule has 0 aliphatic rings. The molecule has 0 rings (SSSR count). The summed E-state index contributed by atoms with van der Waals surface area (Å²) in [6.07, 6.45) is 1.24. The van der Waals surface area contributed by atoms with Crippen LogP contribution in [0.25, 0.3) is 0 Å². The highest BCUT2D eigenvalue weighted by Crippen LogP contribution is 2.15. The molecular formula is C11H23NO4Si. The highest BCUT2D eigenvalue weighted by atomic mass is 28.4. The number of carbonyl (C=O) groups is 1. The molecule has 0 aromatic rings. The Morgan fingerprint density at radius 2 is 1.65 bits per heavy atom. The highest BCUT2D eigenvalue weighted by Gasteiger charge is 2.39. The second kappa shape index (κ2) is 9.35. The maximum Gasteiger partial charge on any atom is 0.502 e. The third-order valence-electron chi connectivity index (χ3n) is 2.01. The summed E-state index contributed by atoms with van der Waals surface area (Å²) in [5, 5.41) is 2.70. The molecule has 1 amide bonds. The predicted molar refractivity (Wildman–Crippen MR) is 68.6 cm³/mol. The second-order valence-electron chi connectivity index (χ2n) is 3.23. The van der Waals surface area contributed by atoms with Gasteiger partial charge in [0.2, 0.25) is 5.91 Å². The van der Waals surface area contributed by atoms with Crippen molar-refractivity contribution in [3.8, 4) is 0 Å². The zero-order valence-corrected chi connectivity index (χ0v) is 12.0. The van der Waals surface area contributed by atoms with E-state index in [1.165, 1.54) is 6.08 Å². The molecule has 0 saturated heterocycles. The lowest BCUT2D eigenvalue weighted by Gasteiger charge is -2.28. The van der Waals surface area contributed by atoms with Crippen LogP contribution in [0.3, 0.4) is 0 Å². The van der Waals surface area contributed by atoms with Crippen molar-refractivity contribution < 1.29 is 18.1 Å². The van der Waals surface area contributed by atoms with Gasteiger partial charge in [0.15, 0.2) is 0 Å². The van der Waals surface area contributed by atoms with Crippen molar-refractivity contribution in [1.29, 1.82) is 0 Å². The number of nitrogens with one attached hydrogen (secondary N) is 1. The molecule has 0 spiro atoms. The summed E-state index contributed by atoms with van der Waals surface area (Å²) < 4.78 is 16.9. The van der Waals surface area contributed by atoms with Gasteiger partial charge >= 0.3 is 8.80 Å². The topological polar surface area (TPSA) is 56.8 Å². The van der Waals surface area contributed by atoms with Crippen molar-refractivity contribution in [2.45, 2.75) is 26.8 Å². The molecule has 0 unspecified atom stereocenters. The van der Waals surface area contributed by atoms with Crippen LogP contribution in [0.1, 0.15) is 20.8 Å².